The third-order valence-electron chi connectivity index (χ3n) is 3.61. The van der Waals surface area contributed by atoms with Gasteiger partial charge >= 0.3 is 7.48 Å². The van der Waals surface area contributed by atoms with Crippen molar-refractivity contribution < 1.29 is 9.44 Å². The fraction of sp³-hybridized carbons (Fsp3) is 0. The van der Waals surface area contributed by atoms with Crippen molar-refractivity contribution in [3.63, 3.8) is 0 Å². The zero-order chi connectivity index (χ0) is 12.8. The first-order chi connectivity index (χ1) is 9.36. The predicted octanol–water partition coefficient (Wildman–Crippen LogP) is 2.71. The summed E-state index contributed by atoms with van der Waals surface area (Å²) in [6, 6.07) is 18.2. The summed E-state index contributed by atoms with van der Waals surface area (Å²) >= 11 is 0. The fourth-order valence-corrected chi connectivity index (χ4v) is 2.69. The molecule has 0 fully saturated rings. The summed E-state index contributed by atoms with van der Waals surface area (Å²) in [4.78, 5) is 0. The van der Waals surface area contributed by atoms with E-state index in [0.717, 1.165) is 27.4 Å². The van der Waals surface area contributed by atoms with Crippen LogP contribution in [-0.4, -0.2) is 12.5 Å². The Bertz CT molecular complexity index is 908. The van der Waals surface area contributed by atoms with Gasteiger partial charge in [0.2, 0.25) is 0 Å². The summed E-state index contributed by atoms with van der Waals surface area (Å²) in [6.45, 7) is 0. The molecule has 0 aliphatic heterocycles. The van der Waals surface area contributed by atoms with Crippen LogP contribution >= 0.6 is 0 Å². The summed E-state index contributed by atoms with van der Waals surface area (Å²) in [5.74, 6) is 0. The van der Waals surface area contributed by atoms with Gasteiger partial charge in [0.05, 0.1) is 0 Å². The quantitative estimate of drug-likeness (QED) is 0.524. The highest BCUT2D eigenvalue weighted by atomic mass is 16.3. The SMILES string of the molecule is OBc1ccc2oc3ccc4ccccc4c3c2c1. The first-order valence-electron chi connectivity index (χ1n) is 6.30. The van der Waals surface area contributed by atoms with Crippen LogP contribution in [-0.2, 0) is 0 Å². The topological polar surface area (TPSA) is 33.4 Å². The second-order valence-electron chi connectivity index (χ2n) is 4.75. The highest BCUT2D eigenvalue weighted by Gasteiger charge is 2.10. The molecule has 90 valence electrons. The van der Waals surface area contributed by atoms with Crippen LogP contribution in [0.2, 0.25) is 0 Å². The second kappa shape index (κ2) is 3.87. The Balaban J connectivity index is 2.27. The van der Waals surface area contributed by atoms with Gasteiger partial charge in [-0.1, -0.05) is 47.9 Å². The first kappa shape index (κ1) is 10.6. The van der Waals surface area contributed by atoms with Gasteiger partial charge in [-0.2, -0.15) is 0 Å². The van der Waals surface area contributed by atoms with Gasteiger partial charge in [-0.3, -0.25) is 0 Å². The summed E-state index contributed by atoms with van der Waals surface area (Å²) < 4.78 is 5.88. The van der Waals surface area contributed by atoms with E-state index < -0.39 is 0 Å². The van der Waals surface area contributed by atoms with Crippen molar-refractivity contribution >= 4 is 45.7 Å². The molecule has 0 bridgehead atoms. The van der Waals surface area contributed by atoms with Crippen LogP contribution in [0.1, 0.15) is 0 Å². The number of fused-ring (bicyclic) bond motifs is 5. The van der Waals surface area contributed by atoms with Gasteiger partial charge in [-0.15, -0.1) is 0 Å². The van der Waals surface area contributed by atoms with Crippen LogP contribution in [0.25, 0.3) is 32.7 Å². The minimum Gasteiger partial charge on any atom is -0.456 e. The number of furan rings is 1. The van der Waals surface area contributed by atoms with E-state index in [9.17, 15) is 5.02 Å². The molecule has 3 heteroatoms. The highest BCUT2D eigenvalue weighted by molar-refractivity contribution is 6.46. The van der Waals surface area contributed by atoms with Gasteiger partial charge in [0.15, 0.2) is 0 Å². The third-order valence-corrected chi connectivity index (χ3v) is 3.61. The summed E-state index contributed by atoms with van der Waals surface area (Å²) in [6.07, 6.45) is 0. The molecule has 0 aliphatic carbocycles. The van der Waals surface area contributed by atoms with Crippen molar-refractivity contribution in [3.05, 3.63) is 54.6 Å². The van der Waals surface area contributed by atoms with E-state index in [2.05, 4.69) is 18.2 Å². The number of hydrogen-bond donors (Lipinski definition) is 1. The molecular weight excluding hydrogens is 235 g/mol. The van der Waals surface area contributed by atoms with E-state index in [1.165, 1.54) is 10.8 Å². The van der Waals surface area contributed by atoms with Gasteiger partial charge < -0.3 is 9.44 Å². The Kier molecular flexibility index (Phi) is 2.17. The molecule has 0 unspecified atom stereocenters. The molecule has 0 amide bonds. The lowest BCUT2D eigenvalue weighted by molar-refractivity contribution is 0.615. The second-order valence-corrected chi connectivity index (χ2v) is 4.75. The number of hydrogen-bond acceptors (Lipinski definition) is 2. The normalized spacial score (nSPS) is 11.4. The fourth-order valence-electron chi connectivity index (χ4n) is 2.69. The zero-order valence-corrected chi connectivity index (χ0v) is 10.3. The molecule has 0 spiro atoms. The summed E-state index contributed by atoms with van der Waals surface area (Å²) in [7, 11) is 0.0490. The molecule has 0 saturated carbocycles. The third kappa shape index (κ3) is 1.49. The zero-order valence-electron chi connectivity index (χ0n) is 10.3. The van der Waals surface area contributed by atoms with Crippen LogP contribution in [0, 0.1) is 0 Å². The van der Waals surface area contributed by atoms with Gasteiger partial charge in [-0.05, 0) is 22.9 Å². The Morgan fingerprint density at radius 1 is 0.842 bits per heavy atom. The molecule has 1 aromatic heterocycles. The van der Waals surface area contributed by atoms with E-state index in [1.807, 2.05) is 36.4 Å². The Hall–Kier alpha value is -2.26. The van der Waals surface area contributed by atoms with Gasteiger partial charge in [0.25, 0.3) is 0 Å². The first-order valence-corrected chi connectivity index (χ1v) is 6.30. The van der Waals surface area contributed by atoms with Crippen molar-refractivity contribution in [2.24, 2.45) is 0 Å². The molecule has 1 N–H and O–H groups in total. The largest absolute Gasteiger partial charge is 0.456 e. The molecule has 3 aromatic carbocycles. The maximum Gasteiger partial charge on any atom is 0.304 e. The van der Waals surface area contributed by atoms with Crippen molar-refractivity contribution in [2.45, 2.75) is 0 Å². The average Bonchev–Trinajstić information content (AvgIpc) is 2.85. The van der Waals surface area contributed by atoms with Crippen molar-refractivity contribution in [3.8, 4) is 0 Å². The lowest BCUT2D eigenvalue weighted by Gasteiger charge is -1.99. The molecule has 4 rings (SSSR count). The lowest BCUT2D eigenvalue weighted by Crippen LogP contribution is -2.11. The van der Waals surface area contributed by atoms with Crippen molar-refractivity contribution in [1.82, 2.24) is 0 Å². The molecule has 0 atom stereocenters. The van der Waals surface area contributed by atoms with Crippen LogP contribution in [0.5, 0.6) is 0 Å². The predicted molar refractivity (Wildman–Crippen MR) is 80.2 cm³/mol. The van der Waals surface area contributed by atoms with Gasteiger partial charge in [0.1, 0.15) is 11.2 Å². The van der Waals surface area contributed by atoms with Crippen molar-refractivity contribution in [1.29, 1.82) is 0 Å². The molecule has 0 saturated heterocycles. The number of benzene rings is 3. The van der Waals surface area contributed by atoms with E-state index in [0.29, 0.717) is 0 Å². The minimum absolute atomic E-state index is 0.0490. The minimum atomic E-state index is 0.0490. The maximum absolute atomic E-state index is 9.29. The molecular formula is C16H11BO2. The highest BCUT2D eigenvalue weighted by Crippen LogP contribution is 2.33. The Labute approximate surface area is 110 Å². The molecule has 19 heavy (non-hydrogen) atoms. The van der Waals surface area contributed by atoms with Crippen LogP contribution in [0.4, 0.5) is 0 Å². The average molecular weight is 246 g/mol. The Morgan fingerprint density at radius 2 is 1.68 bits per heavy atom. The standard InChI is InChI=1S/C16H11BO2/c18-17-11-6-8-14-13(9-11)16-12-4-2-1-3-10(12)5-7-15(16)19-14/h1-9,17-18H. The smallest absolute Gasteiger partial charge is 0.304 e. The van der Waals surface area contributed by atoms with E-state index in [-0.39, 0.29) is 7.48 Å². The van der Waals surface area contributed by atoms with Gasteiger partial charge in [0, 0.05) is 10.8 Å². The lowest BCUT2D eigenvalue weighted by atomic mass is 9.87. The Morgan fingerprint density at radius 3 is 2.58 bits per heavy atom. The van der Waals surface area contributed by atoms with Crippen molar-refractivity contribution in [2.75, 3.05) is 0 Å². The van der Waals surface area contributed by atoms with E-state index in [4.69, 9.17) is 4.42 Å². The van der Waals surface area contributed by atoms with Crippen LogP contribution in [0.15, 0.2) is 59.0 Å². The van der Waals surface area contributed by atoms with Gasteiger partial charge in [-0.25, -0.2) is 0 Å². The van der Waals surface area contributed by atoms with E-state index in [1.54, 1.807) is 0 Å². The van der Waals surface area contributed by atoms with Crippen LogP contribution in [0.3, 0.4) is 0 Å². The summed E-state index contributed by atoms with van der Waals surface area (Å²) in [5.41, 5.74) is 2.66. The molecule has 1 heterocycles. The summed E-state index contributed by atoms with van der Waals surface area (Å²) in [5, 5.41) is 13.9. The van der Waals surface area contributed by atoms with E-state index >= 15 is 0 Å². The molecule has 0 aliphatic rings. The molecule has 0 radical (unpaired) electrons. The number of rotatable bonds is 1. The maximum atomic E-state index is 9.29. The van der Waals surface area contributed by atoms with Crippen LogP contribution < -0.4 is 5.46 Å². The molecule has 4 aromatic rings. The monoisotopic (exact) mass is 246 g/mol. The molecule has 2 nitrogen and oxygen atoms in total.